The highest BCUT2D eigenvalue weighted by molar-refractivity contribution is 9.10. The van der Waals surface area contributed by atoms with Crippen LogP contribution in [0.2, 0.25) is 0 Å². The van der Waals surface area contributed by atoms with Gasteiger partial charge in [0.25, 0.3) is 5.91 Å². The number of aliphatic carboxylic acids is 1. The van der Waals surface area contributed by atoms with Crippen LogP contribution in [0.25, 0.3) is 0 Å². The highest BCUT2D eigenvalue weighted by Crippen LogP contribution is 2.47. The molecule has 1 aliphatic heterocycles. The molecule has 0 aromatic heterocycles. The number of benzene rings is 3. The third-order valence-corrected chi connectivity index (χ3v) is 10.5. The first kappa shape index (κ1) is 31.6. The van der Waals surface area contributed by atoms with E-state index < -0.39 is 39.3 Å². The number of nitrogens with zero attached hydrogens (tertiary/aromatic N) is 1. The lowest BCUT2D eigenvalue weighted by Crippen LogP contribution is -2.41. The molecule has 0 fully saturated rings. The lowest BCUT2D eigenvalue weighted by atomic mass is 9.81. The first-order valence-electron chi connectivity index (χ1n) is 14.1. The van der Waals surface area contributed by atoms with E-state index in [9.17, 15) is 23.1 Å². The van der Waals surface area contributed by atoms with Crippen molar-refractivity contribution in [3.63, 3.8) is 0 Å². The molecule has 42 heavy (non-hydrogen) atoms. The maximum absolute atomic E-state index is 14.0. The maximum Gasteiger partial charge on any atom is 0.330 e. The quantitative estimate of drug-likeness (QED) is 0.237. The van der Waals surface area contributed by atoms with Crippen LogP contribution >= 0.6 is 15.9 Å². The topological polar surface area (TPSA) is 113 Å². The van der Waals surface area contributed by atoms with Gasteiger partial charge >= 0.3 is 5.97 Å². The predicted molar refractivity (Wildman–Crippen MR) is 167 cm³/mol. The maximum atomic E-state index is 14.0. The summed E-state index contributed by atoms with van der Waals surface area (Å²) in [6.45, 7) is 6.19. The Bertz CT molecular complexity index is 1520. The van der Waals surface area contributed by atoms with Gasteiger partial charge in [-0.25, -0.2) is 13.2 Å². The van der Waals surface area contributed by atoms with Gasteiger partial charge in [0.05, 0.1) is 20.8 Å². The average Bonchev–Trinajstić information content (AvgIpc) is 3.07. The number of fused-ring (bicyclic) bond motifs is 1. The Morgan fingerprint density at radius 2 is 1.71 bits per heavy atom. The first-order chi connectivity index (χ1) is 20.0. The molecule has 0 saturated carbocycles. The number of anilines is 2. The summed E-state index contributed by atoms with van der Waals surface area (Å²) < 4.78 is 34.5. The number of carbonyl (C=O) groups is 2. The van der Waals surface area contributed by atoms with Gasteiger partial charge in [0, 0.05) is 23.7 Å². The third kappa shape index (κ3) is 6.98. The van der Waals surface area contributed by atoms with E-state index in [0.717, 1.165) is 24.9 Å². The molecule has 2 N–H and O–H groups in total. The van der Waals surface area contributed by atoms with Crippen molar-refractivity contribution in [3.8, 4) is 5.75 Å². The number of hydrogen-bond donors (Lipinski definition) is 2. The number of para-hydroxylation sites is 1. The number of rotatable bonds is 11. The summed E-state index contributed by atoms with van der Waals surface area (Å²) in [6.07, 6.45) is 2.27. The molecule has 0 aliphatic carbocycles. The summed E-state index contributed by atoms with van der Waals surface area (Å²) >= 11 is 3.54. The lowest BCUT2D eigenvalue weighted by Gasteiger charge is -2.36. The van der Waals surface area contributed by atoms with Crippen LogP contribution in [-0.4, -0.2) is 43.8 Å². The number of unbranched alkanes of at least 4 members (excludes halogenated alkanes) is 1. The number of carboxylic acid groups (broad SMARTS) is 1. The molecule has 4 rings (SSSR count). The molecule has 224 valence electrons. The van der Waals surface area contributed by atoms with E-state index in [1.807, 2.05) is 30.3 Å². The van der Waals surface area contributed by atoms with Crippen molar-refractivity contribution in [2.45, 2.75) is 63.5 Å². The molecule has 10 heteroatoms. The van der Waals surface area contributed by atoms with Gasteiger partial charge in [0.2, 0.25) is 0 Å². The number of carboxylic acids is 1. The summed E-state index contributed by atoms with van der Waals surface area (Å²) in [7, 11) is -3.75. The van der Waals surface area contributed by atoms with E-state index in [1.54, 1.807) is 36.4 Å². The van der Waals surface area contributed by atoms with Crippen LogP contribution in [0.1, 0.15) is 58.1 Å². The molecule has 0 radical (unpaired) electrons. The molecule has 8 nitrogen and oxygen atoms in total. The Balaban J connectivity index is 1.70. The van der Waals surface area contributed by atoms with Crippen molar-refractivity contribution < 1.29 is 27.9 Å². The Hall–Kier alpha value is -3.37. The second kappa shape index (κ2) is 13.3. The van der Waals surface area contributed by atoms with Gasteiger partial charge in [-0.2, -0.15) is 0 Å². The minimum Gasteiger partial charge on any atom is -0.480 e. The predicted octanol–water partition coefficient (Wildman–Crippen LogP) is 6.67. The van der Waals surface area contributed by atoms with Crippen molar-refractivity contribution in [1.29, 1.82) is 0 Å². The number of carbonyl (C=O) groups excluding carboxylic acids is 1. The Morgan fingerprint density at radius 3 is 2.31 bits per heavy atom. The number of amides is 1. The number of nitrogens with one attached hydrogen (secondary N) is 1. The van der Waals surface area contributed by atoms with Gasteiger partial charge in [0.15, 0.2) is 22.0 Å². The van der Waals surface area contributed by atoms with Gasteiger partial charge in [-0.3, -0.25) is 4.79 Å². The summed E-state index contributed by atoms with van der Waals surface area (Å²) in [5.41, 5.74) is 1.40. The zero-order valence-electron chi connectivity index (χ0n) is 24.0. The van der Waals surface area contributed by atoms with Crippen molar-refractivity contribution in [2.24, 2.45) is 5.41 Å². The summed E-state index contributed by atoms with van der Waals surface area (Å²) in [4.78, 5) is 27.1. The second-order valence-corrected chi connectivity index (χ2v) is 13.7. The fraction of sp³-hybridized carbons (Fsp3) is 0.375. The second-order valence-electron chi connectivity index (χ2n) is 10.8. The molecule has 1 heterocycles. The number of halogens is 1. The van der Waals surface area contributed by atoms with Gasteiger partial charge in [-0.15, -0.1) is 0 Å². The SMILES string of the molecule is CCCCC1(CC)CN(c2ccccc2)c2cc(Br)c(OC(C)C(=O)N[C@@H](C(=O)O)c3ccccc3)cc2S(=O)(=O)C1. The van der Waals surface area contributed by atoms with E-state index in [0.29, 0.717) is 28.7 Å². The minimum atomic E-state index is -3.75. The molecule has 1 aliphatic rings. The highest BCUT2D eigenvalue weighted by atomic mass is 79.9. The zero-order chi connectivity index (χ0) is 30.5. The fourth-order valence-electron chi connectivity index (χ4n) is 5.39. The van der Waals surface area contributed by atoms with E-state index >= 15 is 0 Å². The van der Waals surface area contributed by atoms with Gasteiger partial charge in [-0.1, -0.05) is 75.2 Å². The number of sulfone groups is 1. The van der Waals surface area contributed by atoms with Crippen LogP contribution < -0.4 is 15.0 Å². The van der Waals surface area contributed by atoms with Crippen molar-refractivity contribution >= 4 is 49.0 Å². The van der Waals surface area contributed by atoms with Crippen LogP contribution in [0.3, 0.4) is 0 Å². The summed E-state index contributed by atoms with van der Waals surface area (Å²) in [5.74, 6) is -1.67. The molecular weight excluding hydrogens is 620 g/mol. The van der Waals surface area contributed by atoms with E-state index in [4.69, 9.17) is 4.74 Å². The van der Waals surface area contributed by atoms with Crippen molar-refractivity contribution in [3.05, 3.63) is 82.8 Å². The zero-order valence-corrected chi connectivity index (χ0v) is 26.4. The summed E-state index contributed by atoms with van der Waals surface area (Å²) in [5, 5.41) is 12.2. The van der Waals surface area contributed by atoms with Gasteiger partial charge in [0.1, 0.15) is 5.75 Å². The van der Waals surface area contributed by atoms with Gasteiger partial charge in [-0.05, 0) is 59.5 Å². The molecule has 3 aromatic rings. The standard InChI is InChI=1S/C32H37BrN2O6S/c1-4-6-17-32(5-2)20-35(24-15-11-8-12-16-24)26-18-25(33)27(19-28(26)42(39,40)21-32)41-22(3)30(36)34-29(31(37)38)23-13-9-7-10-14-23/h7-16,18-19,22,29H,4-6,17,20-21H2,1-3H3,(H,34,36)(H,37,38)/t22?,29-,32?/m1/s1. The average molecular weight is 658 g/mol. The molecular formula is C32H37BrN2O6S. The smallest absolute Gasteiger partial charge is 0.330 e. The normalized spacial score (nSPS) is 19.2. The van der Waals surface area contributed by atoms with Crippen LogP contribution in [0.5, 0.6) is 5.75 Å². The van der Waals surface area contributed by atoms with Crippen LogP contribution in [-0.2, 0) is 19.4 Å². The van der Waals surface area contributed by atoms with Crippen molar-refractivity contribution in [1.82, 2.24) is 5.32 Å². The largest absolute Gasteiger partial charge is 0.480 e. The molecule has 2 unspecified atom stereocenters. The van der Waals surface area contributed by atoms with Crippen molar-refractivity contribution in [2.75, 3.05) is 17.2 Å². The highest BCUT2D eigenvalue weighted by Gasteiger charge is 2.42. The van der Waals surface area contributed by atoms with Crippen LogP contribution in [0.15, 0.2) is 82.2 Å². The van der Waals surface area contributed by atoms with E-state index in [-0.39, 0.29) is 16.4 Å². The van der Waals surface area contributed by atoms with Gasteiger partial charge < -0.3 is 20.1 Å². The van der Waals surface area contributed by atoms with E-state index in [1.165, 1.54) is 13.0 Å². The van der Waals surface area contributed by atoms with Crippen LogP contribution in [0, 0.1) is 5.41 Å². The first-order valence-corrected chi connectivity index (χ1v) is 16.6. The summed E-state index contributed by atoms with van der Waals surface area (Å²) in [6, 6.07) is 20.1. The molecule has 0 bridgehead atoms. The minimum absolute atomic E-state index is 0.00130. The molecule has 3 aromatic carbocycles. The number of hydrogen-bond acceptors (Lipinski definition) is 6. The molecule has 1 amide bonds. The number of ether oxygens (including phenoxy) is 1. The molecule has 0 spiro atoms. The Morgan fingerprint density at radius 1 is 1.07 bits per heavy atom. The fourth-order valence-corrected chi connectivity index (χ4v) is 7.99. The Labute approximate surface area is 256 Å². The van der Waals surface area contributed by atoms with E-state index in [2.05, 4.69) is 40.0 Å². The Kier molecular flexibility index (Phi) is 9.99. The monoisotopic (exact) mass is 656 g/mol. The molecule has 0 saturated heterocycles. The third-order valence-electron chi connectivity index (χ3n) is 7.85. The molecule has 3 atom stereocenters. The lowest BCUT2D eigenvalue weighted by molar-refractivity contribution is -0.143. The van der Waals surface area contributed by atoms with Crippen LogP contribution in [0.4, 0.5) is 11.4 Å².